The highest BCUT2D eigenvalue weighted by molar-refractivity contribution is 6.32. The second-order valence-corrected chi connectivity index (χ2v) is 4.70. The normalized spacial score (nSPS) is 11.8. The Morgan fingerprint density at radius 3 is 2.40 bits per heavy atom. The van der Waals surface area contributed by atoms with E-state index in [0.717, 1.165) is 11.1 Å². The van der Waals surface area contributed by atoms with Gasteiger partial charge in [-0.15, -0.1) is 0 Å². The summed E-state index contributed by atoms with van der Waals surface area (Å²) in [5.41, 5.74) is 2.07. The lowest BCUT2D eigenvalue weighted by Gasteiger charge is -2.14. The first-order chi connectivity index (χ1) is 9.61. The summed E-state index contributed by atoms with van der Waals surface area (Å²) >= 11 is 6.19. The molecule has 0 spiro atoms. The Kier molecular flexibility index (Phi) is 4.64. The SMILES string of the molecule is COC(=O)[C@H](C)Oc1ccc(-c2ccccc2)cc1Cl. The minimum absolute atomic E-state index is 0.437. The van der Waals surface area contributed by atoms with Gasteiger partial charge in [-0.1, -0.05) is 48.0 Å². The summed E-state index contributed by atoms with van der Waals surface area (Å²) in [5, 5.41) is 0.460. The van der Waals surface area contributed by atoms with E-state index >= 15 is 0 Å². The van der Waals surface area contributed by atoms with Gasteiger partial charge in [-0.3, -0.25) is 0 Å². The van der Waals surface area contributed by atoms with E-state index in [1.54, 1.807) is 13.0 Å². The summed E-state index contributed by atoms with van der Waals surface area (Å²) in [6.07, 6.45) is -0.694. The zero-order valence-electron chi connectivity index (χ0n) is 11.3. The van der Waals surface area contributed by atoms with Gasteiger partial charge in [-0.25, -0.2) is 4.79 Å². The van der Waals surface area contributed by atoms with Crippen LogP contribution in [-0.2, 0) is 9.53 Å². The quantitative estimate of drug-likeness (QED) is 0.800. The second-order valence-electron chi connectivity index (χ2n) is 4.29. The molecular formula is C16H15ClO3. The molecule has 20 heavy (non-hydrogen) atoms. The fourth-order valence-electron chi connectivity index (χ4n) is 1.81. The van der Waals surface area contributed by atoms with E-state index in [4.69, 9.17) is 16.3 Å². The van der Waals surface area contributed by atoms with E-state index in [0.29, 0.717) is 10.8 Å². The van der Waals surface area contributed by atoms with E-state index in [2.05, 4.69) is 4.74 Å². The zero-order valence-corrected chi connectivity index (χ0v) is 12.1. The molecule has 0 fully saturated rings. The molecule has 0 aromatic heterocycles. The molecule has 0 bridgehead atoms. The molecule has 2 aromatic rings. The minimum Gasteiger partial charge on any atom is -0.477 e. The molecule has 2 rings (SSSR count). The molecule has 0 saturated carbocycles. The molecule has 0 N–H and O–H groups in total. The predicted octanol–water partition coefficient (Wildman–Crippen LogP) is 3.95. The highest BCUT2D eigenvalue weighted by Gasteiger charge is 2.16. The van der Waals surface area contributed by atoms with Crippen molar-refractivity contribution in [3.63, 3.8) is 0 Å². The van der Waals surface area contributed by atoms with Crippen LogP contribution in [0.3, 0.4) is 0 Å². The maximum atomic E-state index is 11.3. The molecule has 4 heteroatoms. The van der Waals surface area contributed by atoms with Crippen LogP contribution in [0.2, 0.25) is 5.02 Å². The summed E-state index contributed by atoms with van der Waals surface area (Å²) in [7, 11) is 1.32. The van der Waals surface area contributed by atoms with E-state index in [1.165, 1.54) is 7.11 Å². The maximum Gasteiger partial charge on any atom is 0.346 e. The standard InChI is InChI=1S/C16H15ClO3/c1-11(16(18)19-2)20-15-9-8-13(10-14(15)17)12-6-4-3-5-7-12/h3-11H,1-2H3/t11-/m0/s1. The van der Waals surface area contributed by atoms with Gasteiger partial charge in [0.15, 0.2) is 6.10 Å². The topological polar surface area (TPSA) is 35.5 Å². The third-order valence-corrected chi connectivity index (χ3v) is 3.17. The summed E-state index contributed by atoms with van der Waals surface area (Å²) in [5.74, 6) is 0.0254. The van der Waals surface area contributed by atoms with Gasteiger partial charge >= 0.3 is 5.97 Å². The lowest BCUT2D eigenvalue weighted by molar-refractivity contribution is -0.147. The first kappa shape index (κ1) is 14.4. The van der Waals surface area contributed by atoms with Crippen molar-refractivity contribution in [3.05, 3.63) is 53.6 Å². The van der Waals surface area contributed by atoms with Crippen LogP contribution in [0, 0.1) is 0 Å². The number of ether oxygens (including phenoxy) is 2. The number of hydrogen-bond donors (Lipinski definition) is 0. The number of methoxy groups -OCH3 is 1. The maximum absolute atomic E-state index is 11.3. The second kappa shape index (κ2) is 6.44. The third kappa shape index (κ3) is 3.31. The number of esters is 1. The van der Waals surface area contributed by atoms with Crippen molar-refractivity contribution in [3.8, 4) is 16.9 Å². The van der Waals surface area contributed by atoms with Gasteiger partial charge in [0.2, 0.25) is 0 Å². The first-order valence-electron chi connectivity index (χ1n) is 6.21. The Morgan fingerprint density at radius 2 is 1.80 bits per heavy atom. The molecule has 0 unspecified atom stereocenters. The van der Waals surface area contributed by atoms with Crippen molar-refractivity contribution in [2.75, 3.05) is 7.11 Å². The Bertz CT molecular complexity index is 596. The first-order valence-corrected chi connectivity index (χ1v) is 6.59. The number of halogens is 1. The Hall–Kier alpha value is -2.00. The van der Waals surface area contributed by atoms with Gasteiger partial charge in [-0.2, -0.15) is 0 Å². The molecule has 0 aliphatic rings. The van der Waals surface area contributed by atoms with Crippen LogP contribution in [0.5, 0.6) is 5.75 Å². The van der Waals surface area contributed by atoms with Crippen molar-refractivity contribution in [1.82, 2.24) is 0 Å². The van der Waals surface area contributed by atoms with E-state index in [-0.39, 0.29) is 0 Å². The molecule has 104 valence electrons. The van der Waals surface area contributed by atoms with Gasteiger partial charge in [0.05, 0.1) is 12.1 Å². The number of carbonyl (C=O) groups excluding carboxylic acids is 1. The average Bonchev–Trinajstić information content (AvgIpc) is 2.49. The van der Waals surface area contributed by atoms with Crippen LogP contribution in [0.1, 0.15) is 6.92 Å². The van der Waals surface area contributed by atoms with Crippen LogP contribution in [0.25, 0.3) is 11.1 Å². The van der Waals surface area contributed by atoms with Gasteiger partial charge in [0, 0.05) is 0 Å². The van der Waals surface area contributed by atoms with Gasteiger partial charge in [0.1, 0.15) is 5.75 Å². The monoisotopic (exact) mass is 290 g/mol. The highest BCUT2D eigenvalue weighted by Crippen LogP contribution is 2.31. The molecule has 2 aromatic carbocycles. The van der Waals surface area contributed by atoms with Gasteiger partial charge in [0.25, 0.3) is 0 Å². The molecule has 0 aliphatic carbocycles. The summed E-state index contributed by atoms with van der Waals surface area (Å²) in [6, 6.07) is 15.4. The van der Waals surface area contributed by atoms with Crippen molar-refractivity contribution in [2.24, 2.45) is 0 Å². The molecule has 0 heterocycles. The van der Waals surface area contributed by atoms with Crippen LogP contribution < -0.4 is 4.74 Å². The van der Waals surface area contributed by atoms with Crippen LogP contribution in [-0.4, -0.2) is 19.2 Å². The van der Waals surface area contributed by atoms with E-state index < -0.39 is 12.1 Å². The van der Waals surface area contributed by atoms with Gasteiger partial charge in [-0.05, 0) is 30.2 Å². The van der Waals surface area contributed by atoms with Gasteiger partial charge < -0.3 is 9.47 Å². The summed E-state index contributed by atoms with van der Waals surface area (Å²) in [6.45, 7) is 1.62. The van der Waals surface area contributed by atoms with E-state index in [9.17, 15) is 4.79 Å². The number of benzene rings is 2. The van der Waals surface area contributed by atoms with Crippen LogP contribution in [0.4, 0.5) is 0 Å². The molecule has 0 saturated heterocycles. The zero-order chi connectivity index (χ0) is 14.5. The van der Waals surface area contributed by atoms with Crippen LogP contribution in [0.15, 0.2) is 48.5 Å². The molecule has 0 amide bonds. The van der Waals surface area contributed by atoms with Crippen molar-refractivity contribution in [1.29, 1.82) is 0 Å². The Labute approximate surface area is 123 Å². The highest BCUT2D eigenvalue weighted by atomic mass is 35.5. The Balaban J connectivity index is 2.20. The van der Waals surface area contributed by atoms with Crippen LogP contribution >= 0.6 is 11.6 Å². The molecular weight excluding hydrogens is 276 g/mol. The summed E-state index contributed by atoms with van der Waals surface area (Å²) < 4.78 is 10.1. The lowest BCUT2D eigenvalue weighted by Crippen LogP contribution is -2.24. The fraction of sp³-hybridized carbons (Fsp3) is 0.188. The number of hydrogen-bond acceptors (Lipinski definition) is 3. The van der Waals surface area contributed by atoms with Crippen molar-refractivity contribution >= 4 is 17.6 Å². The molecule has 3 nitrogen and oxygen atoms in total. The smallest absolute Gasteiger partial charge is 0.346 e. The van der Waals surface area contributed by atoms with E-state index in [1.807, 2.05) is 42.5 Å². The number of rotatable bonds is 4. The van der Waals surface area contributed by atoms with Crippen molar-refractivity contribution < 1.29 is 14.3 Å². The minimum atomic E-state index is -0.694. The molecule has 0 radical (unpaired) electrons. The largest absolute Gasteiger partial charge is 0.477 e. The third-order valence-electron chi connectivity index (χ3n) is 2.88. The molecule has 0 aliphatic heterocycles. The number of carbonyl (C=O) groups is 1. The molecule has 1 atom stereocenters. The predicted molar refractivity (Wildman–Crippen MR) is 79.0 cm³/mol. The van der Waals surface area contributed by atoms with Crippen molar-refractivity contribution in [2.45, 2.75) is 13.0 Å². The fourth-order valence-corrected chi connectivity index (χ4v) is 2.04. The summed E-state index contributed by atoms with van der Waals surface area (Å²) in [4.78, 5) is 11.3. The average molecular weight is 291 g/mol. The lowest BCUT2D eigenvalue weighted by atomic mass is 10.1. The Morgan fingerprint density at radius 1 is 1.10 bits per heavy atom.